The average molecular weight is 471 g/mol. The summed E-state index contributed by atoms with van der Waals surface area (Å²) < 4.78 is 35.5. The predicted molar refractivity (Wildman–Crippen MR) is 119 cm³/mol. The van der Waals surface area contributed by atoms with Gasteiger partial charge in [0.05, 0.1) is 16.9 Å². The number of nitrogens with zero attached hydrogens (tertiary/aromatic N) is 1. The van der Waals surface area contributed by atoms with E-state index in [9.17, 15) is 22.8 Å². The van der Waals surface area contributed by atoms with Crippen molar-refractivity contribution in [2.24, 2.45) is 5.73 Å². The first-order valence-corrected chi connectivity index (χ1v) is 11.6. The summed E-state index contributed by atoms with van der Waals surface area (Å²) >= 11 is 0. The highest BCUT2D eigenvalue weighted by Crippen LogP contribution is 2.21. The van der Waals surface area contributed by atoms with Crippen LogP contribution in [0.1, 0.15) is 22.5 Å². The van der Waals surface area contributed by atoms with E-state index in [0.717, 1.165) is 0 Å². The molecule has 33 heavy (non-hydrogen) atoms. The van der Waals surface area contributed by atoms with E-state index in [4.69, 9.17) is 14.9 Å². The molecule has 2 aromatic carbocycles. The Morgan fingerprint density at radius 1 is 0.939 bits per heavy atom. The van der Waals surface area contributed by atoms with Gasteiger partial charge >= 0.3 is 5.97 Å². The number of carbonyl (C=O) groups is 3. The molecular formula is C23H22N2O7S. The SMILES string of the molecule is NC(=O)CCN(C(=O)COC(=O)c1occc1CS(=O)(=O)c1ccccc1)c1ccccc1. The Bertz CT molecular complexity index is 1220. The fraction of sp³-hybridized carbons (Fsp3) is 0.174. The minimum absolute atomic E-state index is 0.0110. The van der Waals surface area contributed by atoms with Gasteiger partial charge in [0, 0.05) is 24.2 Å². The largest absolute Gasteiger partial charge is 0.457 e. The van der Waals surface area contributed by atoms with Gasteiger partial charge in [-0.2, -0.15) is 0 Å². The summed E-state index contributed by atoms with van der Waals surface area (Å²) in [6, 6.07) is 17.7. The third-order valence-corrected chi connectivity index (χ3v) is 6.34. The van der Waals surface area contributed by atoms with Crippen molar-refractivity contribution in [2.75, 3.05) is 18.1 Å². The van der Waals surface area contributed by atoms with Gasteiger partial charge in [-0.3, -0.25) is 9.59 Å². The van der Waals surface area contributed by atoms with Crippen molar-refractivity contribution in [1.82, 2.24) is 0 Å². The maximum atomic E-state index is 12.7. The second-order valence-corrected chi connectivity index (χ2v) is 9.01. The molecule has 172 valence electrons. The van der Waals surface area contributed by atoms with E-state index in [2.05, 4.69) is 0 Å². The van der Waals surface area contributed by atoms with Gasteiger partial charge in [0.15, 0.2) is 16.4 Å². The normalized spacial score (nSPS) is 11.0. The molecule has 2 amide bonds. The van der Waals surface area contributed by atoms with Gasteiger partial charge in [-0.25, -0.2) is 13.2 Å². The van der Waals surface area contributed by atoms with E-state index < -0.39 is 40.0 Å². The molecule has 3 rings (SSSR count). The summed E-state index contributed by atoms with van der Waals surface area (Å²) in [5, 5.41) is 0. The number of hydrogen-bond acceptors (Lipinski definition) is 7. The molecule has 0 spiro atoms. The lowest BCUT2D eigenvalue weighted by Gasteiger charge is -2.22. The van der Waals surface area contributed by atoms with Crippen LogP contribution in [0.15, 0.2) is 82.3 Å². The highest BCUT2D eigenvalue weighted by Gasteiger charge is 2.25. The molecule has 0 atom stereocenters. The lowest BCUT2D eigenvalue weighted by molar-refractivity contribution is -0.122. The van der Waals surface area contributed by atoms with Crippen molar-refractivity contribution in [3.05, 3.63) is 84.3 Å². The van der Waals surface area contributed by atoms with Gasteiger partial charge in [-0.15, -0.1) is 0 Å². The van der Waals surface area contributed by atoms with Gasteiger partial charge < -0.3 is 19.8 Å². The summed E-state index contributed by atoms with van der Waals surface area (Å²) in [5.74, 6) is -2.91. The van der Waals surface area contributed by atoms with Crippen LogP contribution in [0.25, 0.3) is 0 Å². The molecule has 1 aromatic heterocycles. The maximum Gasteiger partial charge on any atom is 0.375 e. The Morgan fingerprint density at radius 2 is 1.58 bits per heavy atom. The number of benzene rings is 2. The molecule has 0 unspecified atom stereocenters. The second kappa shape index (κ2) is 10.6. The molecule has 1 heterocycles. The van der Waals surface area contributed by atoms with Crippen LogP contribution in [0.4, 0.5) is 5.69 Å². The molecule has 2 N–H and O–H groups in total. The quantitative estimate of drug-likeness (QED) is 0.449. The zero-order valence-corrected chi connectivity index (χ0v) is 18.4. The van der Waals surface area contributed by atoms with Crippen molar-refractivity contribution in [1.29, 1.82) is 0 Å². The van der Waals surface area contributed by atoms with Gasteiger partial charge in [-0.1, -0.05) is 36.4 Å². The van der Waals surface area contributed by atoms with Crippen molar-refractivity contribution >= 4 is 33.3 Å². The highest BCUT2D eigenvalue weighted by atomic mass is 32.2. The van der Waals surface area contributed by atoms with Gasteiger partial charge in [-0.05, 0) is 30.3 Å². The number of hydrogen-bond donors (Lipinski definition) is 1. The zero-order valence-electron chi connectivity index (χ0n) is 17.5. The monoisotopic (exact) mass is 470 g/mol. The van der Waals surface area contributed by atoms with Crippen molar-refractivity contribution in [3.63, 3.8) is 0 Å². The fourth-order valence-electron chi connectivity index (χ4n) is 3.04. The molecule has 10 heteroatoms. The molecule has 0 aliphatic rings. The van der Waals surface area contributed by atoms with Crippen LogP contribution in [-0.4, -0.2) is 39.4 Å². The van der Waals surface area contributed by atoms with Crippen LogP contribution in [0.3, 0.4) is 0 Å². The van der Waals surface area contributed by atoms with Crippen LogP contribution in [-0.2, 0) is 29.9 Å². The maximum absolute atomic E-state index is 12.7. The van der Waals surface area contributed by atoms with Crippen LogP contribution in [0.5, 0.6) is 0 Å². The third-order valence-electron chi connectivity index (χ3n) is 4.66. The third kappa shape index (κ3) is 6.30. The Balaban J connectivity index is 1.69. The minimum Gasteiger partial charge on any atom is -0.457 e. The number of para-hydroxylation sites is 1. The van der Waals surface area contributed by atoms with Gasteiger partial charge in [0.25, 0.3) is 5.91 Å². The lowest BCUT2D eigenvalue weighted by Crippen LogP contribution is -2.37. The Labute approximate surface area is 190 Å². The Hall–Kier alpha value is -3.92. The number of anilines is 1. The van der Waals surface area contributed by atoms with E-state index in [-0.39, 0.29) is 29.2 Å². The van der Waals surface area contributed by atoms with E-state index in [1.54, 1.807) is 48.5 Å². The molecule has 9 nitrogen and oxygen atoms in total. The fourth-order valence-corrected chi connectivity index (χ4v) is 4.42. The molecule has 0 aliphatic heterocycles. The Kier molecular flexibility index (Phi) is 7.62. The smallest absolute Gasteiger partial charge is 0.375 e. The summed E-state index contributed by atoms with van der Waals surface area (Å²) in [5.41, 5.74) is 5.81. The molecule has 0 fully saturated rings. The lowest BCUT2D eigenvalue weighted by atomic mass is 10.2. The number of nitrogens with two attached hydrogens (primary N) is 1. The van der Waals surface area contributed by atoms with E-state index in [1.165, 1.54) is 29.4 Å². The van der Waals surface area contributed by atoms with Crippen molar-refractivity contribution in [3.8, 4) is 0 Å². The summed E-state index contributed by atoms with van der Waals surface area (Å²) in [4.78, 5) is 37.8. The van der Waals surface area contributed by atoms with Crippen molar-refractivity contribution < 1.29 is 32.0 Å². The van der Waals surface area contributed by atoms with E-state index in [0.29, 0.717) is 5.69 Å². The first-order valence-electron chi connectivity index (χ1n) is 9.93. The molecule has 0 saturated heterocycles. The summed E-state index contributed by atoms with van der Waals surface area (Å²) in [6.07, 6.45) is 1.10. The number of esters is 1. The number of amides is 2. The van der Waals surface area contributed by atoms with E-state index >= 15 is 0 Å². The summed E-state index contributed by atoms with van der Waals surface area (Å²) in [7, 11) is -3.72. The number of primary amides is 1. The number of carbonyl (C=O) groups excluding carboxylic acids is 3. The van der Waals surface area contributed by atoms with Crippen LogP contribution < -0.4 is 10.6 Å². The molecule has 0 aliphatic carbocycles. The first kappa shape index (κ1) is 23.7. The van der Waals surface area contributed by atoms with E-state index in [1.807, 2.05) is 0 Å². The molecule has 3 aromatic rings. The average Bonchev–Trinajstić information content (AvgIpc) is 3.26. The predicted octanol–water partition coefficient (Wildman–Crippen LogP) is 2.32. The first-order chi connectivity index (χ1) is 15.8. The van der Waals surface area contributed by atoms with Crippen LogP contribution in [0, 0.1) is 0 Å². The molecular weight excluding hydrogens is 448 g/mol. The van der Waals surface area contributed by atoms with Gasteiger partial charge in [0.2, 0.25) is 11.7 Å². The van der Waals surface area contributed by atoms with Crippen LogP contribution in [0.2, 0.25) is 0 Å². The van der Waals surface area contributed by atoms with Gasteiger partial charge in [0.1, 0.15) is 0 Å². The summed E-state index contributed by atoms with van der Waals surface area (Å²) in [6.45, 7) is -0.630. The number of furan rings is 1. The standard InChI is InChI=1S/C23H22N2O7S/c24-20(26)11-13-25(18-7-3-1-4-8-18)21(27)15-32-23(28)22-17(12-14-31-22)16-33(29,30)19-9-5-2-6-10-19/h1-10,12,14H,11,13,15-16H2,(H2,24,26). The number of rotatable bonds is 10. The molecule has 0 saturated carbocycles. The number of ether oxygens (including phenoxy) is 1. The number of sulfone groups is 1. The van der Waals surface area contributed by atoms with Crippen LogP contribution >= 0.6 is 0 Å². The zero-order chi connectivity index (χ0) is 23.8. The highest BCUT2D eigenvalue weighted by molar-refractivity contribution is 7.90. The second-order valence-electron chi connectivity index (χ2n) is 7.02. The molecule has 0 radical (unpaired) electrons. The topological polar surface area (TPSA) is 137 Å². The van der Waals surface area contributed by atoms with Crippen molar-refractivity contribution in [2.45, 2.75) is 17.1 Å². The minimum atomic E-state index is -3.72. The Morgan fingerprint density at radius 3 is 2.21 bits per heavy atom. The molecule has 0 bridgehead atoms.